The van der Waals surface area contributed by atoms with Crippen molar-refractivity contribution in [1.82, 2.24) is 0 Å². The van der Waals surface area contributed by atoms with Crippen LogP contribution in [-0.4, -0.2) is 0 Å². The molecule has 0 fully saturated rings. The number of hydrogen-bond donors (Lipinski definition) is 0. The summed E-state index contributed by atoms with van der Waals surface area (Å²) in [5.74, 6) is 0. The number of alkyl halides is 1. The maximum absolute atomic E-state index is 6.48. The quantitative estimate of drug-likeness (QED) is 0.584. The molecule has 0 bridgehead atoms. The van der Waals surface area contributed by atoms with Crippen LogP contribution >= 0.6 is 11.6 Å². The van der Waals surface area contributed by atoms with Gasteiger partial charge in [0.1, 0.15) is 0 Å². The van der Waals surface area contributed by atoms with Gasteiger partial charge in [-0.25, -0.2) is 0 Å². The molecule has 74 valence electrons. The van der Waals surface area contributed by atoms with E-state index in [1.54, 1.807) is 0 Å². The van der Waals surface area contributed by atoms with Gasteiger partial charge in [-0.1, -0.05) is 48.5 Å². The van der Waals surface area contributed by atoms with E-state index in [1.807, 2.05) is 0 Å². The van der Waals surface area contributed by atoms with Gasteiger partial charge in [-0.3, -0.25) is 0 Å². The van der Waals surface area contributed by atoms with Crippen molar-refractivity contribution >= 4 is 11.6 Å². The van der Waals surface area contributed by atoms with Crippen LogP contribution in [0.2, 0.25) is 0 Å². The van der Waals surface area contributed by atoms with Gasteiger partial charge >= 0.3 is 0 Å². The summed E-state index contributed by atoms with van der Waals surface area (Å²) in [4.78, 5) is 0. The lowest BCUT2D eigenvalue weighted by Crippen LogP contribution is -2.09. The minimum absolute atomic E-state index is 0.0196. The molecule has 0 saturated heterocycles. The Labute approximate surface area is 94.5 Å². The molecule has 0 radical (unpaired) electrons. The topological polar surface area (TPSA) is 0 Å². The molecule has 1 aliphatic carbocycles. The maximum Gasteiger partial charge on any atom is 0.0840 e. The highest BCUT2D eigenvalue weighted by Gasteiger charge is 2.22. The Balaban J connectivity index is 2.20. The number of halogens is 1. The third-order valence-electron chi connectivity index (χ3n) is 3.04. The van der Waals surface area contributed by atoms with Gasteiger partial charge in [-0.2, -0.15) is 0 Å². The van der Waals surface area contributed by atoms with Crippen LogP contribution in [0.4, 0.5) is 0 Å². The van der Waals surface area contributed by atoms with Crippen LogP contribution in [0.25, 0.3) is 0 Å². The lowest BCUT2D eigenvalue weighted by Gasteiger charge is -2.23. The van der Waals surface area contributed by atoms with Crippen LogP contribution < -0.4 is 0 Å². The van der Waals surface area contributed by atoms with E-state index in [2.05, 4.69) is 48.5 Å². The van der Waals surface area contributed by atoms with Gasteiger partial charge < -0.3 is 0 Å². The molecule has 3 rings (SSSR count). The molecule has 0 N–H and O–H groups in total. The molecule has 0 amide bonds. The molecule has 15 heavy (non-hydrogen) atoms. The van der Waals surface area contributed by atoms with Crippen molar-refractivity contribution in [3.8, 4) is 0 Å². The first-order valence-electron chi connectivity index (χ1n) is 5.16. The summed E-state index contributed by atoms with van der Waals surface area (Å²) in [5, 5.41) is 0.0196. The van der Waals surface area contributed by atoms with E-state index in [-0.39, 0.29) is 5.38 Å². The first-order valence-corrected chi connectivity index (χ1v) is 5.59. The lowest BCUT2D eigenvalue weighted by atomic mass is 9.86. The normalized spacial score (nSPS) is 14.5. The van der Waals surface area contributed by atoms with Crippen molar-refractivity contribution < 1.29 is 0 Å². The standard InChI is InChI=1S/C14H11Cl/c15-14-12-7-3-1-5-10(12)9-11-6-2-4-8-13(11)14/h1-8,14H,9H2. The van der Waals surface area contributed by atoms with Crippen molar-refractivity contribution in [1.29, 1.82) is 0 Å². The summed E-state index contributed by atoms with van der Waals surface area (Å²) in [5.41, 5.74) is 5.24. The van der Waals surface area contributed by atoms with Crippen molar-refractivity contribution in [2.75, 3.05) is 0 Å². The van der Waals surface area contributed by atoms with Crippen LogP contribution in [0, 0.1) is 0 Å². The minimum Gasteiger partial charge on any atom is -0.113 e. The van der Waals surface area contributed by atoms with Gasteiger partial charge in [0.2, 0.25) is 0 Å². The van der Waals surface area contributed by atoms with Crippen LogP contribution in [0.3, 0.4) is 0 Å². The fourth-order valence-electron chi connectivity index (χ4n) is 2.26. The molecule has 1 aliphatic rings. The average molecular weight is 215 g/mol. The van der Waals surface area contributed by atoms with Crippen molar-refractivity contribution in [2.24, 2.45) is 0 Å². The molecule has 2 aromatic rings. The first-order chi connectivity index (χ1) is 7.36. The first kappa shape index (κ1) is 8.99. The predicted octanol–water partition coefficient (Wildman–Crippen LogP) is 3.92. The molecular formula is C14H11Cl. The molecule has 0 heterocycles. The molecule has 0 aromatic heterocycles. The Morgan fingerprint density at radius 3 is 1.80 bits per heavy atom. The Hall–Kier alpha value is -1.27. The summed E-state index contributed by atoms with van der Waals surface area (Å²) in [6.07, 6.45) is 1.01. The van der Waals surface area contributed by atoms with Crippen LogP contribution in [-0.2, 0) is 6.42 Å². The number of benzene rings is 2. The van der Waals surface area contributed by atoms with Gasteiger partial charge in [0, 0.05) is 0 Å². The van der Waals surface area contributed by atoms with E-state index in [0.29, 0.717) is 0 Å². The maximum atomic E-state index is 6.48. The SMILES string of the molecule is ClC1c2ccccc2Cc2ccccc21. The third-order valence-corrected chi connectivity index (χ3v) is 3.51. The lowest BCUT2D eigenvalue weighted by molar-refractivity contribution is 0.976. The van der Waals surface area contributed by atoms with Gasteiger partial charge in [0.05, 0.1) is 5.38 Å². The molecule has 0 saturated carbocycles. The Morgan fingerprint density at radius 2 is 1.27 bits per heavy atom. The average Bonchev–Trinajstić information content (AvgIpc) is 2.30. The summed E-state index contributed by atoms with van der Waals surface area (Å²) >= 11 is 6.48. The highest BCUT2D eigenvalue weighted by Crippen LogP contribution is 2.38. The number of fused-ring (bicyclic) bond motifs is 2. The van der Waals surface area contributed by atoms with Gasteiger partial charge in [-0.15, -0.1) is 11.6 Å². The Morgan fingerprint density at radius 1 is 0.800 bits per heavy atom. The van der Waals surface area contributed by atoms with Gasteiger partial charge in [0.25, 0.3) is 0 Å². The Kier molecular flexibility index (Phi) is 2.03. The molecule has 2 aromatic carbocycles. The fraction of sp³-hybridized carbons (Fsp3) is 0.143. The molecule has 0 aliphatic heterocycles. The highest BCUT2D eigenvalue weighted by molar-refractivity contribution is 6.23. The third kappa shape index (κ3) is 1.37. The second-order valence-corrected chi connectivity index (χ2v) is 4.37. The second-order valence-electron chi connectivity index (χ2n) is 3.94. The van der Waals surface area contributed by atoms with Crippen molar-refractivity contribution in [2.45, 2.75) is 11.8 Å². The number of rotatable bonds is 0. The Bertz CT molecular complexity index is 457. The van der Waals surface area contributed by atoms with Crippen molar-refractivity contribution in [3.63, 3.8) is 0 Å². The van der Waals surface area contributed by atoms with Crippen LogP contribution in [0.1, 0.15) is 27.6 Å². The van der Waals surface area contributed by atoms with E-state index >= 15 is 0 Å². The summed E-state index contributed by atoms with van der Waals surface area (Å²) in [7, 11) is 0. The summed E-state index contributed by atoms with van der Waals surface area (Å²) in [6.45, 7) is 0. The second kappa shape index (κ2) is 3.39. The predicted molar refractivity (Wildman–Crippen MR) is 63.4 cm³/mol. The van der Waals surface area contributed by atoms with Crippen molar-refractivity contribution in [3.05, 3.63) is 70.8 Å². The van der Waals surface area contributed by atoms with Crippen LogP contribution in [0.5, 0.6) is 0 Å². The molecule has 0 spiro atoms. The van der Waals surface area contributed by atoms with E-state index in [1.165, 1.54) is 22.3 Å². The zero-order valence-electron chi connectivity index (χ0n) is 8.28. The summed E-state index contributed by atoms with van der Waals surface area (Å²) in [6, 6.07) is 16.9. The number of hydrogen-bond acceptors (Lipinski definition) is 0. The van der Waals surface area contributed by atoms with E-state index < -0.39 is 0 Å². The fourth-order valence-corrected chi connectivity index (χ4v) is 2.68. The monoisotopic (exact) mass is 214 g/mol. The van der Waals surface area contributed by atoms with Gasteiger partial charge in [0.15, 0.2) is 0 Å². The molecule has 0 atom stereocenters. The zero-order valence-corrected chi connectivity index (χ0v) is 9.04. The smallest absolute Gasteiger partial charge is 0.0840 e. The van der Waals surface area contributed by atoms with Gasteiger partial charge in [-0.05, 0) is 28.7 Å². The van der Waals surface area contributed by atoms with E-state index in [4.69, 9.17) is 11.6 Å². The molecule has 1 heteroatoms. The zero-order chi connectivity index (χ0) is 10.3. The molecular weight excluding hydrogens is 204 g/mol. The van der Waals surface area contributed by atoms with E-state index in [9.17, 15) is 0 Å². The van der Waals surface area contributed by atoms with Crippen LogP contribution in [0.15, 0.2) is 48.5 Å². The minimum atomic E-state index is 0.0196. The van der Waals surface area contributed by atoms with E-state index in [0.717, 1.165) is 6.42 Å². The largest absolute Gasteiger partial charge is 0.113 e. The summed E-state index contributed by atoms with van der Waals surface area (Å²) < 4.78 is 0. The highest BCUT2D eigenvalue weighted by atomic mass is 35.5. The molecule has 0 unspecified atom stereocenters. The molecule has 0 nitrogen and oxygen atoms in total.